The molecule has 2 heterocycles. The number of hydrogen-bond acceptors (Lipinski definition) is 6. The van der Waals surface area contributed by atoms with Gasteiger partial charge in [0, 0.05) is 10.9 Å². The predicted molar refractivity (Wildman–Crippen MR) is 109 cm³/mol. The van der Waals surface area contributed by atoms with E-state index in [1.54, 1.807) is 14.0 Å². The van der Waals surface area contributed by atoms with Gasteiger partial charge in [0.05, 0.1) is 24.2 Å². The first kappa shape index (κ1) is 17.9. The van der Waals surface area contributed by atoms with Crippen LogP contribution in [0.1, 0.15) is 5.69 Å². The molecule has 8 heteroatoms. The van der Waals surface area contributed by atoms with Crippen molar-refractivity contribution in [1.29, 1.82) is 0 Å². The molecule has 0 aliphatic heterocycles. The number of methoxy groups -OCH3 is 1. The van der Waals surface area contributed by atoms with E-state index in [2.05, 4.69) is 20.3 Å². The molecule has 7 nitrogen and oxygen atoms in total. The van der Waals surface area contributed by atoms with Gasteiger partial charge in [-0.05, 0) is 43.3 Å². The van der Waals surface area contributed by atoms with Crippen molar-refractivity contribution in [3.8, 4) is 22.1 Å². The smallest absolute Gasteiger partial charge is 0.301 e. The summed E-state index contributed by atoms with van der Waals surface area (Å²) in [6.07, 6.45) is 0. The number of aromatic amines is 1. The molecule has 0 radical (unpaired) electrons. The molecule has 4 rings (SSSR count). The number of H-pyrrole nitrogens is 1. The van der Waals surface area contributed by atoms with Gasteiger partial charge in [0.1, 0.15) is 5.75 Å². The van der Waals surface area contributed by atoms with Crippen molar-refractivity contribution < 1.29 is 4.74 Å². The number of aromatic nitrogens is 3. The van der Waals surface area contributed by atoms with Gasteiger partial charge in [0.2, 0.25) is 5.13 Å². The van der Waals surface area contributed by atoms with Crippen LogP contribution in [0.15, 0.2) is 75.0 Å². The lowest BCUT2D eigenvalue weighted by Crippen LogP contribution is -2.13. The lowest BCUT2D eigenvalue weighted by molar-refractivity contribution is 0.415. The number of thiazole rings is 1. The maximum absolute atomic E-state index is 12.8. The molecule has 0 fully saturated rings. The SMILES string of the molecule is COc1ccc(-c2csc(-n3[nH]c(C)c(N=Nc4ccccc4)c3=O)n2)cc1. The zero-order valence-corrected chi connectivity index (χ0v) is 16.1. The summed E-state index contributed by atoms with van der Waals surface area (Å²) in [5.41, 5.74) is 3.03. The number of rotatable bonds is 5. The summed E-state index contributed by atoms with van der Waals surface area (Å²) in [6, 6.07) is 16.9. The Bertz CT molecular complexity index is 1170. The molecule has 0 aliphatic carbocycles. The van der Waals surface area contributed by atoms with Crippen molar-refractivity contribution in [2.75, 3.05) is 7.11 Å². The summed E-state index contributed by atoms with van der Waals surface area (Å²) in [4.78, 5) is 17.3. The fourth-order valence-corrected chi connectivity index (χ4v) is 3.44. The fourth-order valence-electron chi connectivity index (χ4n) is 2.65. The molecule has 0 atom stereocenters. The molecule has 0 bridgehead atoms. The van der Waals surface area contributed by atoms with Gasteiger partial charge in [-0.25, -0.2) is 4.98 Å². The maximum atomic E-state index is 12.8. The standard InChI is InChI=1S/C20H17N5O2S/c1-13-18(23-22-15-6-4-3-5-7-15)19(26)25(24-13)20-21-17(12-28-20)14-8-10-16(27-2)11-9-14/h3-12,24H,1-2H3. The first-order chi connectivity index (χ1) is 13.7. The largest absolute Gasteiger partial charge is 0.497 e. The van der Waals surface area contributed by atoms with Gasteiger partial charge in [-0.3, -0.25) is 9.89 Å². The van der Waals surface area contributed by atoms with Crippen LogP contribution in [-0.4, -0.2) is 21.9 Å². The van der Waals surface area contributed by atoms with E-state index in [4.69, 9.17) is 4.74 Å². The third-order valence-electron chi connectivity index (χ3n) is 4.13. The number of azo groups is 1. The highest BCUT2D eigenvalue weighted by Crippen LogP contribution is 2.26. The molecule has 0 saturated heterocycles. The molecule has 2 aromatic carbocycles. The number of nitrogens with one attached hydrogen (secondary N) is 1. The molecule has 0 aliphatic rings. The fraction of sp³-hybridized carbons (Fsp3) is 0.100. The normalized spacial score (nSPS) is 11.2. The molecule has 4 aromatic rings. The number of ether oxygens (including phenoxy) is 1. The quantitative estimate of drug-likeness (QED) is 0.485. The van der Waals surface area contributed by atoms with E-state index < -0.39 is 0 Å². The Morgan fingerprint density at radius 2 is 1.82 bits per heavy atom. The van der Waals surface area contributed by atoms with E-state index in [1.165, 1.54) is 16.0 Å². The number of hydrogen-bond donors (Lipinski definition) is 1. The van der Waals surface area contributed by atoms with Crippen molar-refractivity contribution in [3.05, 3.63) is 76.0 Å². The molecule has 1 N–H and O–H groups in total. The molecule has 28 heavy (non-hydrogen) atoms. The number of nitrogens with zero attached hydrogens (tertiary/aromatic N) is 4. The summed E-state index contributed by atoms with van der Waals surface area (Å²) in [7, 11) is 1.63. The van der Waals surface area contributed by atoms with Crippen molar-refractivity contribution >= 4 is 22.7 Å². The number of benzene rings is 2. The van der Waals surface area contributed by atoms with Crippen LogP contribution >= 0.6 is 11.3 Å². The van der Waals surface area contributed by atoms with Gasteiger partial charge in [0.25, 0.3) is 0 Å². The molecular weight excluding hydrogens is 374 g/mol. The average molecular weight is 391 g/mol. The van der Waals surface area contributed by atoms with Gasteiger partial charge >= 0.3 is 5.56 Å². The van der Waals surface area contributed by atoms with E-state index in [0.717, 1.165) is 17.0 Å². The zero-order chi connectivity index (χ0) is 19.5. The van der Waals surface area contributed by atoms with Gasteiger partial charge in [-0.15, -0.1) is 16.5 Å². The Morgan fingerprint density at radius 3 is 2.54 bits per heavy atom. The number of aryl methyl sites for hydroxylation is 1. The average Bonchev–Trinajstić information content (AvgIpc) is 3.32. The Morgan fingerprint density at radius 1 is 1.07 bits per heavy atom. The summed E-state index contributed by atoms with van der Waals surface area (Å²) in [5, 5.41) is 13.7. The Labute approximate surface area is 165 Å². The second-order valence-electron chi connectivity index (χ2n) is 6.01. The summed E-state index contributed by atoms with van der Waals surface area (Å²) in [6.45, 7) is 1.79. The van der Waals surface area contributed by atoms with Gasteiger partial charge in [-0.2, -0.15) is 9.80 Å². The summed E-state index contributed by atoms with van der Waals surface area (Å²) in [5.74, 6) is 0.781. The van der Waals surface area contributed by atoms with Crippen LogP contribution in [-0.2, 0) is 0 Å². The third kappa shape index (κ3) is 3.49. The Hall–Kier alpha value is -3.52. The van der Waals surface area contributed by atoms with E-state index in [-0.39, 0.29) is 11.2 Å². The van der Waals surface area contributed by atoms with E-state index in [0.29, 0.717) is 16.5 Å². The van der Waals surface area contributed by atoms with Crippen LogP contribution < -0.4 is 10.3 Å². The predicted octanol–water partition coefficient (Wildman–Crippen LogP) is 5.02. The third-order valence-corrected chi connectivity index (χ3v) is 4.96. The molecule has 0 saturated carbocycles. The van der Waals surface area contributed by atoms with Crippen molar-refractivity contribution in [2.45, 2.75) is 6.92 Å². The van der Waals surface area contributed by atoms with Gasteiger partial charge in [0.15, 0.2) is 5.69 Å². The highest BCUT2D eigenvalue weighted by Gasteiger charge is 2.15. The van der Waals surface area contributed by atoms with Gasteiger partial charge in [-0.1, -0.05) is 18.2 Å². The second-order valence-corrected chi connectivity index (χ2v) is 6.84. The Balaban J connectivity index is 1.64. The summed E-state index contributed by atoms with van der Waals surface area (Å²) >= 11 is 1.38. The van der Waals surface area contributed by atoms with Crippen molar-refractivity contribution in [1.82, 2.24) is 14.8 Å². The summed E-state index contributed by atoms with van der Waals surface area (Å²) < 4.78 is 6.57. The second kappa shape index (κ2) is 7.61. The van der Waals surface area contributed by atoms with Crippen molar-refractivity contribution in [3.63, 3.8) is 0 Å². The van der Waals surface area contributed by atoms with E-state index in [9.17, 15) is 4.79 Å². The molecule has 0 amide bonds. The lowest BCUT2D eigenvalue weighted by Gasteiger charge is -2.00. The zero-order valence-electron chi connectivity index (χ0n) is 15.3. The highest BCUT2D eigenvalue weighted by molar-refractivity contribution is 7.12. The Kier molecular flexibility index (Phi) is 4.86. The van der Waals surface area contributed by atoms with Crippen LogP contribution in [0.4, 0.5) is 11.4 Å². The molecule has 2 aromatic heterocycles. The van der Waals surface area contributed by atoms with Crippen molar-refractivity contribution in [2.24, 2.45) is 10.2 Å². The lowest BCUT2D eigenvalue weighted by atomic mass is 10.2. The minimum atomic E-state index is -0.284. The molecule has 0 spiro atoms. The monoisotopic (exact) mass is 391 g/mol. The topological polar surface area (TPSA) is 84.6 Å². The van der Waals surface area contributed by atoms with Crippen LogP contribution in [0.3, 0.4) is 0 Å². The van der Waals surface area contributed by atoms with E-state index >= 15 is 0 Å². The first-order valence-electron chi connectivity index (χ1n) is 8.54. The van der Waals surface area contributed by atoms with Crippen LogP contribution in [0.5, 0.6) is 5.75 Å². The molecule has 140 valence electrons. The highest BCUT2D eigenvalue weighted by atomic mass is 32.1. The van der Waals surface area contributed by atoms with E-state index in [1.807, 2.05) is 60.0 Å². The minimum absolute atomic E-state index is 0.269. The molecule has 0 unspecified atom stereocenters. The minimum Gasteiger partial charge on any atom is -0.497 e. The molecular formula is C20H17N5O2S. The first-order valence-corrected chi connectivity index (χ1v) is 9.42. The van der Waals surface area contributed by atoms with Crippen LogP contribution in [0, 0.1) is 6.92 Å². The maximum Gasteiger partial charge on any atom is 0.301 e. The van der Waals surface area contributed by atoms with Gasteiger partial charge < -0.3 is 4.74 Å². The van der Waals surface area contributed by atoms with Crippen LogP contribution in [0.25, 0.3) is 16.4 Å². The van der Waals surface area contributed by atoms with Crippen LogP contribution in [0.2, 0.25) is 0 Å².